The van der Waals surface area contributed by atoms with Crippen LogP contribution in [-0.4, -0.2) is 43.8 Å². The molecule has 0 aromatic rings. The number of hydrogen-bond acceptors (Lipinski definition) is 3. The van der Waals surface area contributed by atoms with Gasteiger partial charge in [0.15, 0.2) is 0 Å². The second-order valence-electron chi connectivity index (χ2n) is 4.79. The smallest absolute Gasteiger partial charge is 0.0469 e. The van der Waals surface area contributed by atoms with Gasteiger partial charge >= 0.3 is 0 Å². The Morgan fingerprint density at radius 1 is 1.14 bits per heavy atom. The van der Waals surface area contributed by atoms with E-state index in [1.54, 1.807) is 0 Å². The lowest BCUT2D eigenvalue weighted by Gasteiger charge is -2.41. The summed E-state index contributed by atoms with van der Waals surface area (Å²) in [4.78, 5) is 2.46. The molecule has 14 heavy (non-hydrogen) atoms. The minimum Gasteiger partial charge on any atom is -0.381 e. The Labute approximate surface area is 86.6 Å². The maximum Gasteiger partial charge on any atom is 0.0469 e. The van der Waals surface area contributed by atoms with Crippen molar-refractivity contribution in [2.45, 2.75) is 37.8 Å². The third-order valence-electron chi connectivity index (χ3n) is 3.73. The van der Waals surface area contributed by atoms with E-state index in [0.29, 0.717) is 6.04 Å². The van der Waals surface area contributed by atoms with Crippen LogP contribution in [0.1, 0.15) is 25.7 Å². The standard InChI is InChI=1S/C11H22N2O/c1-13-8-10(12)2-3-11(13)9-4-6-14-7-5-9/h9-11H,2-8,12H2,1H3. The first-order chi connectivity index (χ1) is 6.77. The van der Waals surface area contributed by atoms with Crippen molar-refractivity contribution in [1.29, 1.82) is 0 Å². The molecular weight excluding hydrogens is 176 g/mol. The largest absolute Gasteiger partial charge is 0.381 e. The average Bonchev–Trinajstić information content (AvgIpc) is 2.19. The van der Waals surface area contributed by atoms with Gasteiger partial charge in [0.25, 0.3) is 0 Å². The predicted molar refractivity (Wildman–Crippen MR) is 57.2 cm³/mol. The predicted octanol–water partition coefficient (Wildman–Crippen LogP) is 0.834. The number of hydrogen-bond donors (Lipinski definition) is 1. The van der Waals surface area contributed by atoms with E-state index in [2.05, 4.69) is 11.9 Å². The molecule has 0 aromatic heterocycles. The average molecular weight is 198 g/mol. The van der Waals surface area contributed by atoms with Gasteiger partial charge in [0, 0.05) is 31.8 Å². The van der Waals surface area contributed by atoms with E-state index >= 15 is 0 Å². The summed E-state index contributed by atoms with van der Waals surface area (Å²) in [5.74, 6) is 0.848. The molecule has 82 valence electrons. The van der Waals surface area contributed by atoms with Crippen molar-refractivity contribution in [2.75, 3.05) is 26.8 Å². The highest BCUT2D eigenvalue weighted by atomic mass is 16.5. The molecule has 0 aliphatic carbocycles. The van der Waals surface area contributed by atoms with Crippen molar-refractivity contribution >= 4 is 0 Å². The van der Waals surface area contributed by atoms with E-state index in [4.69, 9.17) is 10.5 Å². The fraction of sp³-hybridized carbons (Fsp3) is 1.00. The number of piperidine rings is 1. The van der Waals surface area contributed by atoms with E-state index in [-0.39, 0.29) is 0 Å². The Kier molecular flexibility index (Phi) is 3.42. The molecule has 2 heterocycles. The molecule has 2 unspecified atom stereocenters. The monoisotopic (exact) mass is 198 g/mol. The van der Waals surface area contributed by atoms with Crippen molar-refractivity contribution in [3.63, 3.8) is 0 Å². The van der Waals surface area contributed by atoms with Crippen molar-refractivity contribution in [2.24, 2.45) is 11.7 Å². The molecule has 3 nitrogen and oxygen atoms in total. The molecule has 2 aliphatic heterocycles. The Morgan fingerprint density at radius 2 is 1.86 bits per heavy atom. The zero-order valence-corrected chi connectivity index (χ0v) is 9.11. The molecule has 2 saturated heterocycles. The van der Waals surface area contributed by atoms with E-state index in [1.165, 1.54) is 25.7 Å². The first-order valence-electron chi connectivity index (χ1n) is 5.81. The number of nitrogens with two attached hydrogens (primary N) is 1. The van der Waals surface area contributed by atoms with Crippen molar-refractivity contribution < 1.29 is 4.74 Å². The molecule has 2 fully saturated rings. The molecule has 0 radical (unpaired) electrons. The lowest BCUT2D eigenvalue weighted by Crippen LogP contribution is -2.50. The molecule has 2 N–H and O–H groups in total. The number of likely N-dealkylation sites (N-methyl/N-ethyl adjacent to an activating group) is 1. The van der Waals surface area contributed by atoms with Crippen LogP contribution in [0.2, 0.25) is 0 Å². The quantitative estimate of drug-likeness (QED) is 0.678. The second-order valence-corrected chi connectivity index (χ2v) is 4.79. The third kappa shape index (κ3) is 2.27. The van der Waals surface area contributed by atoms with Gasteiger partial charge in [-0.1, -0.05) is 0 Å². The van der Waals surface area contributed by atoms with Gasteiger partial charge in [-0.15, -0.1) is 0 Å². The molecule has 0 saturated carbocycles. The van der Waals surface area contributed by atoms with Crippen molar-refractivity contribution in [3.8, 4) is 0 Å². The highest BCUT2D eigenvalue weighted by molar-refractivity contribution is 4.86. The van der Waals surface area contributed by atoms with Crippen LogP contribution in [0, 0.1) is 5.92 Å². The van der Waals surface area contributed by atoms with Gasteiger partial charge in [-0.2, -0.15) is 0 Å². The molecule has 2 rings (SSSR count). The van der Waals surface area contributed by atoms with Crippen LogP contribution in [0.5, 0.6) is 0 Å². The van der Waals surface area contributed by atoms with Gasteiger partial charge < -0.3 is 15.4 Å². The fourth-order valence-corrected chi connectivity index (χ4v) is 2.90. The molecule has 3 heteroatoms. The topological polar surface area (TPSA) is 38.5 Å². The molecule has 2 atom stereocenters. The van der Waals surface area contributed by atoms with Gasteiger partial charge in [0.1, 0.15) is 0 Å². The SMILES string of the molecule is CN1CC(N)CCC1C1CCOCC1. The van der Waals surface area contributed by atoms with Crippen molar-refractivity contribution in [3.05, 3.63) is 0 Å². The summed E-state index contributed by atoms with van der Waals surface area (Å²) in [6.45, 7) is 2.99. The summed E-state index contributed by atoms with van der Waals surface area (Å²) in [6, 6.07) is 1.16. The van der Waals surface area contributed by atoms with Crippen molar-refractivity contribution in [1.82, 2.24) is 4.90 Å². The van der Waals surface area contributed by atoms with Crippen LogP contribution in [0.15, 0.2) is 0 Å². The Balaban J connectivity index is 1.89. The maximum atomic E-state index is 5.95. The number of rotatable bonds is 1. The molecule has 2 aliphatic rings. The number of nitrogens with zero attached hydrogens (tertiary/aromatic N) is 1. The first-order valence-corrected chi connectivity index (χ1v) is 5.81. The van der Waals surface area contributed by atoms with Crippen LogP contribution in [0.3, 0.4) is 0 Å². The summed E-state index contributed by atoms with van der Waals surface area (Å²) in [6.07, 6.45) is 4.96. The maximum absolute atomic E-state index is 5.95. The molecule has 0 amide bonds. The summed E-state index contributed by atoms with van der Waals surface area (Å²) in [5, 5.41) is 0. The molecule has 0 spiro atoms. The number of ether oxygens (including phenoxy) is 1. The van der Waals surface area contributed by atoms with Crippen LogP contribution < -0.4 is 5.73 Å². The Morgan fingerprint density at radius 3 is 2.50 bits per heavy atom. The Hall–Kier alpha value is -0.120. The zero-order valence-electron chi connectivity index (χ0n) is 9.11. The van der Waals surface area contributed by atoms with Crippen LogP contribution in [0.25, 0.3) is 0 Å². The van der Waals surface area contributed by atoms with Crippen LogP contribution in [0.4, 0.5) is 0 Å². The van der Waals surface area contributed by atoms with Crippen LogP contribution in [-0.2, 0) is 4.74 Å². The molecular formula is C11H22N2O. The minimum atomic E-state index is 0.399. The summed E-state index contributed by atoms with van der Waals surface area (Å²) in [7, 11) is 2.22. The highest BCUT2D eigenvalue weighted by Crippen LogP contribution is 2.28. The zero-order chi connectivity index (χ0) is 9.97. The third-order valence-corrected chi connectivity index (χ3v) is 3.73. The fourth-order valence-electron chi connectivity index (χ4n) is 2.90. The second kappa shape index (κ2) is 4.60. The Bertz CT molecular complexity index is 180. The van der Waals surface area contributed by atoms with E-state index in [9.17, 15) is 0 Å². The lowest BCUT2D eigenvalue weighted by atomic mass is 9.84. The first kappa shape index (κ1) is 10.4. The van der Waals surface area contributed by atoms with Gasteiger partial charge in [0.2, 0.25) is 0 Å². The summed E-state index contributed by atoms with van der Waals surface area (Å²) >= 11 is 0. The molecule has 0 bridgehead atoms. The van der Waals surface area contributed by atoms with E-state index < -0.39 is 0 Å². The normalized spacial score (nSPS) is 37.3. The van der Waals surface area contributed by atoms with E-state index in [1.807, 2.05) is 0 Å². The van der Waals surface area contributed by atoms with Gasteiger partial charge in [0.05, 0.1) is 0 Å². The minimum absolute atomic E-state index is 0.399. The lowest BCUT2D eigenvalue weighted by molar-refractivity contribution is 0.0185. The van der Waals surface area contributed by atoms with Gasteiger partial charge in [-0.05, 0) is 38.6 Å². The summed E-state index contributed by atoms with van der Waals surface area (Å²) in [5.41, 5.74) is 5.95. The van der Waals surface area contributed by atoms with Gasteiger partial charge in [-0.3, -0.25) is 0 Å². The summed E-state index contributed by atoms with van der Waals surface area (Å²) < 4.78 is 5.40. The van der Waals surface area contributed by atoms with Gasteiger partial charge in [-0.25, -0.2) is 0 Å². The van der Waals surface area contributed by atoms with Crippen LogP contribution >= 0.6 is 0 Å². The molecule has 0 aromatic carbocycles. The van der Waals surface area contributed by atoms with E-state index in [0.717, 1.165) is 31.7 Å². The number of likely N-dealkylation sites (tertiary alicyclic amines) is 1. The highest BCUT2D eigenvalue weighted by Gasteiger charge is 2.31.